The van der Waals surface area contributed by atoms with E-state index in [-0.39, 0.29) is 17.3 Å². The Morgan fingerprint density at radius 1 is 1.11 bits per heavy atom. The third-order valence-corrected chi connectivity index (χ3v) is 8.01. The molecule has 1 saturated heterocycles. The molecule has 0 aliphatic carbocycles. The number of carbonyl (C=O) groups is 2. The summed E-state index contributed by atoms with van der Waals surface area (Å²) >= 11 is 18.7. The van der Waals surface area contributed by atoms with Crippen molar-refractivity contribution >= 4 is 80.4 Å². The standard InChI is InChI=1S/C28H20Cl2N2O4S2/c29-19-8-7-17(22(30)13-19)15-36-20-9-5-16(6-10-20)11-25-26(33)32(28(37)38-25)24(27(34)35)12-18-14-31-23-4-2-1-3-21(18)23/h1-11,13-14,24,31H,12,15H2,(H,34,35)/b25-11-. The third kappa shape index (κ3) is 5.59. The average Bonchev–Trinajstić information content (AvgIpc) is 3.42. The SMILES string of the molecule is O=C(O)C(Cc1c[nH]c2ccccc12)N1C(=O)/C(=C/c2ccc(OCc3ccc(Cl)cc3Cl)cc2)SC1=S. The number of rotatable bonds is 8. The molecule has 1 fully saturated rings. The Hall–Kier alpha value is -3.30. The Balaban J connectivity index is 1.29. The minimum absolute atomic E-state index is 0.128. The van der Waals surface area contributed by atoms with Gasteiger partial charge in [0.25, 0.3) is 5.91 Å². The molecule has 1 atom stereocenters. The maximum atomic E-state index is 13.3. The number of aliphatic carboxylic acids is 1. The molecule has 6 nitrogen and oxygen atoms in total. The minimum atomic E-state index is -1.12. The molecule has 2 N–H and O–H groups in total. The zero-order valence-electron chi connectivity index (χ0n) is 19.7. The summed E-state index contributed by atoms with van der Waals surface area (Å²) in [5, 5.41) is 12.0. The number of hydrogen-bond donors (Lipinski definition) is 2. The molecule has 10 heteroatoms. The molecule has 0 bridgehead atoms. The molecule has 0 spiro atoms. The first-order chi connectivity index (χ1) is 18.3. The van der Waals surface area contributed by atoms with Crippen molar-refractivity contribution in [2.24, 2.45) is 0 Å². The van der Waals surface area contributed by atoms with E-state index >= 15 is 0 Å². The van der Waals surface area contributed by atoms with E-state index in [9.17, 15) is 14.7 Å². The molecule has 0 radical (unpaired) electrons. The van der Waals surface area contributed by atoms with Gasteiger partial charge >= 0.3 is 5.97 Å². The molecule has 1 aliphatic heterocycles. The number of carboxylic acids is 1. The Morgan fingerprint density at radius 3 is 2.61 bits per heavy atom. The molecule has 38 heavy (non-hydrogen) atoms. The van der Waals surface area contributed by atoms with Crippen LogP contribution in [0.4, 0.5) is 0 Å². The number of carbonyl (C=O) groups excluding carboxylic acids is 1. The van der Waals surface area contributed by atoms with Crippen molar-refractivity contribution in [3.63, 3.8) is 0 Å². The molecule has 1 amide bonds. The summed E-state index contributed by atoms with van der Waals surface area (Å²) < 4.78 is 6.03. The number of carboxylic acid groups (broad SMARTS) is 1. The second-order valence-electron chi connectivity index (χ2n) is 8.56. The number of thioether (sulfide) groups is 1. The molecular formula is C28H20Cl2N2O4S2. The summed E-state index contributed by atoms with van der Waals surface area (Å²) in [6, 6.07) is 18.9. The van der Waals surface area contributed by atoms with E-state index in [1.165, 1.54) is 4.90 Å². The fourth-order valence-corrected chi connectivity index (χ4v) is 5.98. The molecular weight excluding hydrogens is 563 g/mol. The van der Waals surface area contributed by atoms with Gasteiger partial charge in [-0.1, -0.05) is 83.6 Å². The van der Waals surface area contributed by atoms with Crippen molar-refractivity contribution in [3.05, 3.63) is 105 Å². The van der Waals surface area contributed by atoms with Gasteiger partial charge in [-0.15, -0.1) is 0 Å². The first-order valence-electron chi connectivity index (χ1n) is 11.5. The van der Waals surface area contributed by atoms with Crippen LogP contribution in [0.5, 0.6) is 5.75 Å². The summed E-state index contributed by atoms with van der Waals surface area (Å²) in [6.07, 6.45) is 3.60. The zero-order valence-corrected chi connectivity index (χ0v) is 22.8. The Bertz CT molecular complexity index is 1580. The van der Waals surface area contributed by atoms with Gasteiger partial charge in [-0.05, 0) is 47.5 Å². The Kier molecular flexibility index (Phi) is 7.76. The van der Waals surface area contributed by atoms with Crippen LogP contribution >= 0.6 is 47.2 Å². The van der Waals surface area contributed by atoms with Crippen molar-refractivity contribution < 1.29 is 19.4 Å². The lowest BCUT2D eigenvalue weighted by atomic mass is 10.0. The number of aromatic amines is 1. The highest BCUT2D eigenvalue weighted by Gasteiger charge is 2.40. The molecule has 3 aromatic carbocycles. The predicted molar refractivity (Wildman–Crippen MR) is 156 cm³/mol. The number of thiocarbonyl (C=S) groups is 1. The summed E-state index contributed by atoms with van der Waals surface area (Å²) in [6.45, 7) is 0.279. The molecule has 192 valence electrons. The Labute approximate surface area is 238 Å². The third-order valence-electron chi connectivity index (χ3n) is 6.10. The average molecular weight is 584 g/mol. The van der Waals surface area contributed by atoms with Crippen LogP contribution in [-0.4, -0.2) is 37.2 Å². The lowest BCUT2D eigenvalue weighted by molar-refractivity contribution is -0.145. The number of hydrogen-bond acceptors (Lipinski definition) is 5. The van der Waals surface area contributed by atoms with Crippen LogP contribution in [0.15, 0.2) is 77.8 Å². The smallest absolute Gasteiger partial charge is 0.327 e. The van der Waals surface area contributed by atoms with E-state index in [2.05, 4.69) is 4.98 Å². The van der Waals surface area contributed by atoms with Crippen LogP contribution in [-0.2, 0) is 22.6 Å². The lowest BCUT2D eigenvalue weighted by Crippen LogP contribution is -2.45. The van der Waals surface area contributed by atoms with Gasteiger partial charge in [-0.25, -0.2) is 4.79 Å². The monoisotopic (exact) mass is 582 g/mol. The number of aromatic nitrogens is 1. The van der Waals surface area contributed by atoms with Crippen molar-refractivity contribution in [1.29, 1.82) is 0 Å². The summed E-state index contributed by atoms with van der Waals surface area (Å²) in [4.78, 5) is 30.2. The van der Waals surface area contributed by atoms with E-state index in [1.807, 2.05) is 42.5 Å². The molecule has 5 rings (SSSR count). The van der Waals surface area contributed by atoms with Crippen molar-refractivity contribution in [1.82, 2.24) is 9.88 Å². The fraction of sp³-hybridized carbons (Fsp3) is 0.107. The number of para-hydroxylation sites is 1. The van der Waals surface area contributed by atoms with Gasteiger partial charge < -0.3 is 14.8 Å². The van der Waals surface area contributed by atoms with Crippen molar-refractivity contribution in [2.75, 3.05) is 0 Å². The predicted octanol–water partition coefficient (Wildman–Crippen LogP) is 6.95. The van der Waals surface area contributed by atoms with Crippen LogP contribution < -0.4 is 4.74 Å². The van der Waals surface area contributed by atoms with Crippen LogP contribution in [0.3, 0.4) is 0 Å². The molecule has 4 aromatic rings. The highest BCUT2D eigenvalue weighted by Crippen LogP contribution is 2.35. The number of amides is 1. The minimum Gasteiger partial charge on any atom is -0.489 e. The van der Waals surface area contributed by atoms with Gasteiger partial charge in [0.05, 0.1) is 4.91 Å². The summed E-state index contributed by atoms with van der Waals surface area (Å²) in [5.41, 5.74) is 3.28. The highest BCUT2D eigenvalue weighted by atomic mass is 35.5. The molecule has 1 aliphatic rings. The number of ether oxygens (including phenoxy) is 1. The number of benzene rings is 3. The lowest BCUT2D eigenvalue weighted by Gasteiger charge is -2.23. The van der Waals surface area contributed by atoms with E-state index in [1.54, 1.807) is 36.5 Å². The zero-order chi connectivity index (χ0) is 26.8. The van der Waals surface area contributed by atoms with Gasteiger partial charge in [-0.2, -0.15) is 0 Å². The fourth-order valence-electron chi connectivity index (χ4n) is 4.16. The van der Waals surface area contributed by atoms with Crippen LogP contribution in [0.2, 0.25) is 10.0 Å². The van der Waals surface area contributed by atoms with Crippen LogP contribution in [0, 0.1) is 0 Å². The summed E-state index contributed by atoms with van der Waals surface area (Å²) in [5.74, 6) is -0.912. The largest absolute Gasteiger partial charge is 0.489 e. The quantitative estimate of drug-likeness (QED) is 0.173. The topological polar surface area (TPSA) is 82.6 Å². The Morgan fingerprint density at radius 2 is 1.87 bits per heavy atom. The van der Waals surface area contributed by atoms with E-state index in [4.69, 9.17) is 40.2 Å². The number of fused-ring (bicyclic) bond motifs is 1. The number of halogens is 2. The normalized spacial score (nSPS) is 15.4. The number of nitrogens with zero attached hydrogens (tertiary/aromatic N) is 1. The van der Waals surface area contributed by atoms with Crippen LogP contribution in [0.25, 0.3) is 17.0 Å². The van der Waals surface area contributed by atoms with Gasteiger partial charge in [0.1, 0.15) is 22.7 Å². The van der Waals surface area contributed by atoms with E-state index in [0.29, 0.717) is 20.7 Å². The van der Waals surface area contributed by atoms with E-state index < -0.39 is 17.9 Å². The second-order valence-corrected chi connectivity index (χ2v) is 11.1. The maximum absolute atomic E-state index is 13.3. The van der Waals surface area contributed by atoms with E-state index in [0.717, 1.165) is 39.4 Å². The first kappa shape index (κ1) is 26.3. The van der Waals surface area contributed by atoms with Gasteiger partial charge in [0, 0.05) is 39.1 Å². The maximum Gasteiger partial charge on any atom is 0.327 e. The number of H-pyrrole nitrogens is 1. The molecule has 1 unspecified atom stereocenters. The first-order valence-corrected chi connectivity index (χ1v) is 13.5. The van der Waals surface area contributed by atoms with Gasteiger partial charge in [0.15, 0.2) is 0 Å². The molecule has 1 aromatic heterocycles. The molecule has 0 saturated carbocycles. The second kappa shape index (κ2) is 11.2. The summed E-state index contributed by atoms with van der Waals surface area (Å²) in [7, 11) is 0. The van der Waals surface area contributed by atoms with Gasteiger partial charge in [-0.3, -0.25) is 9.69 Å². The number of nitrogens with one attached hydrogen (secondary N) is 1. The highest BCUT2D eigenvalue weighted by molar-refractivity contribution is 8.26. The van der Waals surface area contributed by atoms with Crippen molar-refractivity contribution in [3.8, 4) is 5.75 Å². The molecule has 2 heterocycles. The van der Waals surface area contributed by atoms with Crippen LogP contribution in [0.1, 0.15) is 16.7 Å². The van der Waals surface area contributed by atoms with Crippen molar-refractivity contribution in [2.45, 2.75) is 19.1 Å². The van der Waals surface area contributed by atoms with Gasteiger partial charge in [0.2, 0.25) is 0 Å².